The Labute approximate surface area is 45.2 Å². The van der Waals surface area contributed by atoms with Gasteiger partial charge in [0, 0.05) is 0 Å². The molecule has 0 bridgehead atoms. The summed E-state index contributed by atoms with van der Waals surface area (Å²) in [5, 5.41) is 11.3. The highest BCUT2D eigenvalue weighted by atomic mass is 19.1. The van der Waals surface area contributed by atoms with Gasteiger partial charge in [0.25, 0.3) is 6.42 Å². The van der Waals surface area contributed by atoms with Crippen LogP contribution in [0.5, 0.6) is 0 Å². The van der Waals surface area contributed by atoms with Crippen molar-refractivity contribution in [1.29, 1.82) is 5.26 Å². The average molecular weight is 114 g/mol. The lowest BCUT2D eigenvalue weighted by atomic mass is 10.8. The first kappa shape index (κ1) is 4.84. The van der Waals surface area contributed by atoms with Crippen molar-refractivity contribution >= 4 is 6.34 Å². The minimum absolute atomic E-state index is 0.764. The van der Waals surface area contributed by atoms with Crippen LogP contribution in [0.1, 0.15) is 0 Å². The normalized spacial score (nSPS) is 25.0. The lowest BCUT2D eigenvalue weighted by molar-refractivity contribution is 0.189. The van der Waals surface area contributed by atoms with Crippen LogP contribution in [0.15, 0.2) is 5.10 Å². The fraction of sp³-hybridized carbons (Fsp3) is 0.333. The van der Waals surface area contributed by atoms with E-state index in [2.05, 4.69) is 5.10 Å². The summed E-state index contributed by atoms with van der Waals surface area (Å²) in [6, 6.07) is 0. The third kappa shape index (κ3) is 0.559. The molecule has 1 aliphatic rings. The molecule has 0 radical (unpaired) electrons. The maximum atomic E-state index is 12.1. The zero-order chi connectivity index (χ0) is 5.98. The zero-order valence-electron chi connectivity index (χ0n) is 3.87. The smallest absolute Gasteiger partial charge is 0.258 e. The molecule has 1 rings (SSSR count). The van der Waals surface area contributed by atoms with E-state index in [1.807, 2.05) is 5.43 Å². The maximum Gasteiger partial charge on any atom is 0.275 e. The summed E-state index contributed by atoms with van der Waals surface area (Å²) < 4.78 is 12.1. The van der Waals surface area contributed by atoms with Crippen LogP contribution in [0, 0.1) is 11.5 Å². The SMILES string of the molecule is N#CN1C=NNC1F. The number of halogens is 1. The van der Waals surface area contributed by atoms with Gasteiger partial charge in [-0.3, -0.25) is 5.43 Å². The van der Waals surface area contributed by atoms with Crippen molar-refractivity contribution in [3.63, 3.8) is 0 Å². The lowest BCUT2D eigenvalue weighted by Crippen LogP contribution is -2.28. The molecule has 1 N–H and O–H groups in total. The first-order chi connectivity index (χ1) is 3.84. The number of rotatable bonds is 0. The van der Waals surface area contributed by atoms with Gasteiger partial charge < -0.3 is 0 Å². The van der Waals surface area contributed by atoms with Gasteiger partial charge >= 0.3 is 0 Å². The highest BCUT2D eigenvalue weighted by Crippen LogP contribution is 1.96. The molecular weight excluding hydrogens is 111 g/mol. The highest BCUT2D eigenvalue weighted by molar-refractivity contribution is 5.58. The second kappa shape index (κ2) is 1.66. The minimum Gasteiger partial charge on any atom is -0.258 e. The van der Waals surface area contributed by atoms with Crippen molar-refractivity contribution in [1.82, 2.24) is 10.3 Å². The summed E-state index contributed by atoms with van der Waals surface area (Å²) in [6.07, 6.45) is 1.18. The Balaban J connectivity index is 2.57. The van der Waals surface area contributed by atoms with E-state index in [4.69, 9.17) is 5.26 Å². The molecule has 0 saturated heterocycles. The summed E-state index contributed by atoms with van der Waals surface area (Å²) >= 11 is 0. The van der Waals surface area contributed by atoms with E-state index in [1.54, 1.807) is 6.19 Å². The summed E-state index contributed by atoms with van der Waals surface area (Å²) in [5.41, 5.74) is 2.03. The van der Waals surface area contributed by atoms with Gasteiger partial charge in [0.05, 0.1) is 0 Å². The number of nitriles is 1. The summed E-state index contributed by atoms with van der Waals surface area (Å²) in [7, 11) is 0. The number of alkyl halides is 1. The fourth-order valence-corrected chi connectivity index (χ4v) is 0.354. The summed E-state index contributed by atoms with van der Waals surface area (Å²) in [4.78, 5) is 0.764. The van der Waals surface area contributed by atoms with Gasteiger partial charge in [0.2, 0.25) is 0 Å². The Hall–Kier alpha value is -1.31. The van der Waals surface area contributed by atoms with Crippen LogP contribution in [0.2, 0.25) is 0 Å². The Morgan fingerprint density at radius 2 is 2.75 bits per heavy atom. The molecule has 1 atom stereocenters. The molecule has 0 fully saturated rings. The summed E-state index contributed by atoms with van der Waals surface area (Å²) in [5.74, 6) is 0. The maximum absolute atomic E-state index is 12.1. The molecule has 0 aliphatic carbocycles. The fourth-order valence-electron chi connectivity index (χ4n) is 0.354. The molecule has 42 valence electrons. The number of hydrogen-bond donors (Lipinski definition) is 1. The molecule has 0 aromatic heterocycles. The molecule has 5 heteroatoms. The lowest BCUT2D eigenvalue weighted by Gasteiger charge is -2.03. The van der Waals surface area contributed by atoms with Crippen molar-refractivity contribution < 1.29 is 4.39 Å². The third-order valence-corrected chi connectivity index (χ3v) is 0.723. The standard InChI is InChI=1S/C3H3FN4/c4-3-7-6-2-8(3)1-5/h2-3,7H. The number of hydrogen-bond acceptors (Lipinski definition) is 4. The number of nitrogens with one attached hydrogen (secondary N) is 1. The van der Waals surface area contributed by atoms with Crippen LogP contribution < -0.4 is 5.43 Å². The van der Waals surface area contributed by atoms with E-state index in [-0.39, 0.29) is 0 Å². The van der Waals surface area contributed by atoms with Crippen LogP contribution in [-0.2, 0) is 0 Å². The number of nitrogens with zero attached hydrogens (tertiary/aromatic N) is 3. The van der Waals surface area contributed by atoms with Crippen molar-refractivity contribution in [2.24, 2.45) is 5.10 Å². The van der Waals surface area contributed by atoms with Crippen LogP contribution >= 0.6 is 0 Å². The van der Waals surface area contributed by atoms with Crippen molar-refractivity contribution in [2.75, 3.05) is 0 Å². The van der Waals surface area contributed by atoms with E-state index in [9.17, 15) is 4.39 Å². The molecule has 1 unspecified atom stereocenters. The Morgan fingerprint density at radius 1 is 2.00 bits per heavy atom. The highest BCUT2D eigenvalue weighted by Gasteiger charge is 2.16. The van der Waals surface area contributed by atoms with Crippen molar-refractivity contribution in [2.45, 2.75) is 6.42 Å². The Bertz CT molecular complexity index is 148. The van der Waals surface area contributed by atoms with Gasteiger partial charge in [0.15, 0.2) is 6.19 Å². The van der Waals surface area contributed by atoms with Gasteiger partial charge in [-0.1, -0.05) is 0 Å². The zero-order valence-corrected chi connectivity index (χ0v) is 3.87. The first-order valence-electron chi connectivity index (χ1n) is 1.95. The van der Waals surface area contributed by atoms with E-state index in [1.165, 1.54) is 0 Å². The average Bonchev–Trinajstić information content (AvgIpc) is 2.14. The van der Waals surface area contributed by atoms with Gasteiger partial charge in [-0.15, -0.1) is 0 Å². The molecule has 0 amide bonds. The number of hydrazone groups is 1. The van der Waals surface area contributed by atoms with Crippen LogP contribution in [0.4, 0.5) is 4.39 Å². The largest absolute Gasteiger partial charge is 0.275 e. The van der Waals surface area contributed by atoms with E-state index in [0.717, 1.165) is 11.2 Å². The van der Waals surface area contributed by atoms with E-state index >= 15 is 0 Å². The molecule has 0 spiro atoms. The Morgan fingerprint density at radius 3 is 3.00 bits per heavy atom. The van der Waals surface area contributed by atoms with E-state index in [0.29, 0.717) is 0 Å². The molecular formula is C3H3FN4. The van der Waals surface area contributed by atoms with Crippen LogP contribution in [0.25, 0.3) is 0 Å². The van der Waals surface area contributed by atoms with Gasteiger partial charge in [-0.05, 0) is 0 Å². The van der Waals surface area contributed by atoms with Gasteiger partial charge in [-0.2, -0.15) is 14.8 Å². The van der Waals surface area contributed by atoms with Crippen LogP contribution in [-0.4, -0.2) is 17.7 Å². The van der Waals surface area contributed by atoms with E-state index < -0.39 is 6.42 Å². The second-order valence-electron chi connectivity index (χ2n) is 1.22. The van der Waals surface area contributed by atoms with Crippen molar-refractivity contribution in [3.05, 3.63) is 0 Å². The molecule has 8 heavy (non-hydrogen) atoms. The molecule has 4 nitrogen and oxygen atoms in total. The molecule has 0 aromatic rings. The minimum atomic E-state index is -1.47. The predicted molar refractivity (Wildman–Crippen MR) is 24.0 cm³/mol. The molecule has 1 aliphatic heterocycles. The third-order valence-electron chi connectivity index (χ3n) is 0.723. The second-order valence-corrected chi connectivity index (χ2v) is 1.22. The predicted octanol–water partition coefficient (Wildman–Crippen LogP) is -0.431. The topological polar surface area (TPSA) is 51.4 Å². The quantitative estimate of drug-likeness (QED) is 0.343. The molecule has 0 aromatic carbocycles. The Kier molecular flexibility index (Phi) is 1.00. The monoisotopic (exact) mass is 114 g/mol. The van der Waals surface area contributed by atoms with Gasteiger partial charge in [-0.25, -0.2) is 4.90 Å². The summed E-state index contributed by atoms with van der Waals surface area (Å²) in [6.45, 7) is 0. The molecule has 0 saturated carbocycles. The first-order valence-corrected chi connectivity index (χ1v) is 1.95. The van der Waals surface area contributed by atoms with Crippen LogP contribution in [0.3, 0.4) is 0 Å². The molecule has 1 heterocycles. The van der Waals surface area contributed by atoms with Crippen molar-refractivity contribution in [3.8, 4) is 6.19 Å². The van der Waals surface area contributed by atoms with Gasteiger partial charge in [0.1, 0.15) is 6.34 Å².